The molecule has 0 aromatic rings. The quantitative estimate of drug-likeness (QED) is 0.771. The highest BCUT2D eigenvalue weighted by Crippen LogP contribution is 2.46. The summed E-state index contributed by atoms with van der Waals surface area (Å²) in [6.07, 6.45) is 6.52. The molecule has 2 N–H and O–H groups in total. The molecule has 3 nitrogen and oxygen atoms in total. The molecule has 0 radical (unpaired) electrons. The molecule has 0 aliphatic heterocycles. The molecule has 3 heteroatoms. The molecule has 1 saturated carbocycles. The van der Waals surface area contributed by atoms with Gasteiger partial charge in [-0.25, -0.2) is 0 Å². The van der Waals surface area contributed by atoms with E-state index < -0.39 is 0 Å². The fourth-order valence-electron chi connectivity index (χ4n) is 3.90. The van der Waals surface area contributed by atoms with Gasteiger partial charge in [-0.3, -0.25) is 4.90 Å². The average Bonchev–Trinajstić information content (AvgIpc) is 2.35. The van der Waals surface area contributed by atoms with Gasteiger partial charge in [0.25, 0.3) is 0 Å². The van der Waals surface area contributed by atoms with Crippen LogP contribution in [0, 0.1) is 5.41 Å². The Hall–Kier alpha value is -0.120. The minimum Gasteiger partial charge on any atom is -0.329 e. The molecule has 114 valence electrons. The Balaban J connectivity index is 2.78. The van der Waals surface area contributed by atoms with Gasteiger partial charge in [-0.1, -0.05) is 33.6 Å². The Morgan fingerprint density at radius 1 is 1.05 bits per heavy atom. The number of rotatable bonds is 7. The minimum absolute atomic E-state index is 0.215. The van der Waals surface area contributed by atoms with Gasteiger partial charge in [-0.05, 0) is 58.4 Å². The third-order valence-corrected chi connectivity index (χ3v) is 5.26. The van der Waals surface area contributed by atoms with Crippen molar-refractivity contribution in [1.82, 2.24) is 9.80 Å². The van der Waals surface area contributed by atoms with E-state index in [0.717, 1.165) is 19.6 Å². The summed E-state index contributed by atoms with van der Waals surface area (Å²) in [5.74, 6) is 0. The molecule has 1 fully saturated rings. The first-order chi connectivity index (χ1) is 8.89. The molecule has 0 spiro atoms. The van der Waals surface area contributed by atoms with Crippen molar-refractivity contribution in [2.75, 3.05) is 40.3 Å². The SMILES string of the molecule is CCN(CCCN(C)C)C1(CN)CCCCC1(C)C. The molecule has 0 bridgehead atoms. The van der Waals surface area contributed by atoms with E-state index in [1.807, 2.05) is 0 Å². The van der Waals surface area contributed by atoms with Crippen LogP contribution in [0.15, 0.2) is 0 Å². The summed E-state index contributed by atoms with van der Waals surface area (Å²) in [6.45, 7) is 11.4. The zero-order chi connectivity index (χ0) is 14.5. The lowest BCUT2D eigenvalue weighted by atomic mass is 9.62. The van der Waals surface area contributed by atoms with Crippen LogP contribution in [0.1, 0.15) is 52.9 Å². The third-order valence-electron chi connectivity index (χ3n) is 5.26. The van der Waals surface area contributed by atoms with Gasteiger partial charge in [0.2, 0.25) is 0 Å². The molecule has 1 unspecified atom stereocenters. The first-order valence-electron chi connectivity index (χ1n) is 7.99. The number of likely N-dealkylation sites (N-methyl/N-ethyl adjacent to an activating group) is 1. The van der Waals surface area contributed by atoms with E-state index in [2.05, 4.69) is 44.7 Å². The van der Waals surface area contributed by atoms with E-state index in [4.69, 9.17) is 5.73 Å². The normalized spacial score (nSPS) is 27.2. The maximum Gasteiger partial charge on any atom is 0.0382 e. The summed E-state index contributed by atoms with van der Waals surface area (Å²) in [7, 11) is 4.30. The molecule has 1 rings (SSSR count). The van der Waals surface area contributed by atoms with Crippen molar-refractivity contribution in [1.29, 1.82) is 0 Å². The fourth-order valence-corrected chi connectivity index (χ4v) is 3.90. The van der Waals surface area contributed by atoms with Crippen LogP contribution in [0.2, 0.25) is 0 Å². The molecule has 1 aliphatic rings. The van der Waals surface area contributed by atoms with Gasteiger partial charge < -0.3 is 10.6 Å². The lowest BCUT2D eigenvalue weighted by Gasteiger charge is -2.56. The highest BCUT2D eigenvalue weighted by atomic mass is 15.2. The summed E-state index contributed by atoms with van der Waals surface area (Å²) < 4.78 is 0. The van der Waals surface area contributed by atoms with Crippen molar-refractivity contribution >= 4 is 0 Å². The van der Waals surface area contributed by atoms with Gasteiger partial charge in [-0.2, -0.15) is 0 Å². The van der Waals surface area contributed by atoms with E-state index in [-0.39, 0.29) is 5.54 Å². The van der Waals surface area contributed by atoms with E-state index in [0.29, 0.717) is 5.41 Å². The summed E-state index contributed by atoms with van der Waals surface area (Å²) in [5, 5.41) is 0. The van der Waals surface area contributed by atoms with Gasteiger partial charge in [0.05, 0.1) is 0 Å². The lowest BCUT2D eigenvalue weighted by molar-refractivity contribution is -0.0423. The largest absolute Gasteiger partial charge is 0.329 e. The highest BCUT2D eigenvalue weighted by molar-refractivity contribution is 5.04. The topological polar surface area (TPSA) is 32.5 Å². The summed E-state index contributed by atoms with van der Waals surface area (Å²) in [4.78, 5) is 4.95. The van der Waals surface area contributed by atoms with Crippen molar-refractivity contribution < 1.29 is 0 Å². The predicted octanol–water partition coefficient (Wildman–Crippen LogP) is 2.56. The van der Waals surface area contributed by atoms with Crippen molar-refractivity contribution in [3.05, 3.63) is 0 Å². The Kier molecular flexibility index (Phi) is 6.28. The van der Waals surface area contributed by atoms with Crippen molar-refractivity contribution in [3.63, 3.8) is 0 Å². The molecular weight excluding hydrogens is 234 g/mol. The highest BCUT2D eigenvalue weighted by Gasteiger charge is 2.48. The number of hydrogen-bond acceptors (Lipinski definition) is 3. The zero-order valence-electron chi connectivity index (χ0n) is 13.8. The van der Waals surface area contributed by atoms with Crippen LogP contribution in [0.25, 0.3) is 0 Å². The zero-order valence-corrected chi connectivity index (χ0v) is 13.8. The first-order valence-corrected chi connectivity index (χ1v) is 7.99. The Morgan fingerprint density at radius 3 is 2.16 bits per heavy atom. The summed E-state index contributed by atoms with van der Waals surface area (Å²) in [5.41, 5.74) is 6.83. The van der Waals surface area contributed by atoms with Gasteiger partial charge in [-0.15, -0.1) is 0 Å². The van der Waals surface area contributed by atoms with Crippen LogP contribution < -0.4 is 5.73 Å². The number of nitrogens with zero attached hydrogens (tertiary/aromatic N) is 2. The Morgan fingerprint density at radius 2 is 1.68 bits per heavy atom. The monoisotopic (exact) mass is 269 g/mol. The maximum absolute atomic E-state index is 6.27. The third kappa shape index (κ3) is 3.71. The summed E-state index contributed by atoms with van der Waals surface area (Å²) in [6, 6.07) is 0. The standard InChI is InChI=1S/C16H35N3/c1-6-19(13-9-12-18(4)5)16(14-17)11-8-7-10-15(16,2)3/h6-14,17H2,1-5H3. The summed E-state index contributed by atoms with van der Waals surface area (Å²) >= 11 is 0. The molecular formula is C16H35N3. The van der Waals surface area contributed by atoms with Crippen LogP contribution in [0.3, 0.4) is 0 Å². The van der Waals surface area contributed by atoms with Crippen molar-refractivity contribution in [3.8, 4) is 0 Å². The van der Waals surface area contributed by atoms with Gasteiger partial charge in [0.1, 0.15) is 0 Å². The van der Waals surface area contributed by atoms with Crippen LogP contribution in [-0.2, 0) is 0 Å². The van der Waals surface area contributed by atoms with E-state index in [9.17, 15) is 0 Å². The Bertz CT molecular complexity index is 263. The maximum atomic E-state index is 6.27. The second kappa shape index (κ2) is 7.05. The van der Waals surface area contributed by atoms with Crippen LogP contribution >= 0.6 is 0 Å². The van der Waals surface area contributed by atoms with Crippen LogP contribution in [-0.4, -0.2) is 55.6 Å². The van der Waals surface area contributed by atoms with Gasteiger partial charge in [0.15, 0.2) is 0 Å². The molecule has 1 aliphatic carbocycles. The second-order valence-corrected chi connectivity index (χ2v) is 7.06. The second-order valence-electron chi connectivity index (χ2n) is 7.06. The van der Waals surface area contributed by atoms with Gasteiger partial charge in [0, 0.05) is 12.1 Å². The van der Waals surface area contributed by atoms with E-state index >= 15 is 0 Å². The predicted molar refractivity (Wildman–Crippen MR) is 84.5 cm³/mol. The smallest absolute Gasteiger partial charge is 0.0382 e. The van der Waals surface area contributed by atoms with Crippen LogP contribution in [0.5, 0.6) is 0 Å². The van der Waals surface area contributed by atoms with Gasteiger partial charge >= 0.3 is 0 Å². The average molecular weight is 269 g/mol. The number of hydrogen-bond donors (Lipinski definition) is 1. The molecule has 1 atom stereocenters. The first kappa shape index (κ1) is 16.9. The van der Waals surface area contributed by atoms with E-state index in [1.54, 1.807) is 0 Å². The van der Waals surface area contributed by atoms with Crippen LogP contribution in [0.4, 0.5) is 0 Å². The van der Waals surface area contributed by atoms with E-state index in [1.165, 1.54) is 38.6 Å². The molecule has 0 saturated heterocycles. The Labute approximate surface area is 120 Å². The minimum atomic E-state index is 0.215. The molecule has 0 aromatic carbocycles. The van der Waals surface area contributed by atoms with Crippen molar-refractivity contribution in [2.45, 2.75) is 58.4 Å². The lowest BCUT2D eigenvalue weighted by Crippen LogP contribution is -2.64. The molecule has 0 aromatic heterocycles. The molecule has 0 heterocycles. The number of nitrogens with two attached hydrogens (primary N) is 1. The fraction of sp³-hybridized carbons (Fsp3) is 1.00. The van der Waals surface area contributed by atoms with Crippen molar-refractivity contribution in [2.24, 2.45) is 11.1 Å². The molecule has 0 amide bonds. The molecule has 19 heavy (non-hydrogen) atoms.